The third-order valence-corrected chi connectivity index (χ3v) is 2.66. The lowest BCUT2D eigenvalue weighted by Gasteiger charge is -2.00. The molecule has 0 bridgehead atoms. The van der Waals surface area contributed by atoms with E-state index in [-0.39, 0.29) is 5.69 Å². The van der Waals surface area contributed by atoms with Gasteiger partial charge in [0.1, 0.15) is 0 Å². The molecular formula is C8H9NO4S. The highest BCUT2D eigenvalue weighted by atomic mass is 32.2. The number of nitrogens with zero attached hydrogens (tertiary/aromatic N) is 1. The molecule has 1 aromatic carbocycles. The molecule has 0 saturated carbocycles. The highest BCUT2D eigenvalue weighted by molar-refractivity contribution is 7.80. The topological polar surface area (TPSA) is 69.4 Å². The molecule has 0 N–H and O–H groups in total. The molecule has 0 aromatic heterocycles. The van der Waals surface area contributed by atoms with Crippen molar-refractivity contribution in [2.24, 2.45) is 0 Å². The molecule has 0 aliphatic carbocycles. The molecular weight excluding hydrogens is 206 g/mol. The first-order valence-electron chi connectivity index (χ1n) is 3.77. The maximum atomic E-state index is 11.2. The third kappa shape index (κ3) is 2.15. The second kappa shape index (κ2) is 4.30. The summed E-state index contributed by atoms with van der Waals surface area (Å²) >= 11 is -1.63. The maximum absolute atomic E-state index is 11.2. The summed E-state index contributed by atoms with van der Waals surface area (Å²) in [5.74, 6) is 0. The van der Waals surface area contributed by atoms with Crippen LogP contribution in [0.2, 0.25) is 0 Å². The monoisotopic (exact) mass is 215 g/mol. The Kier molecular flexibility index (Phi) is 3.32. The molecule has 0 fully saturated rings. The zero-order valence-electron chi connectivity index (χ0n) is 7.72. The number of benzene rings is 1. The average molecular weight is 215 g/mol. The van der Waals surface area contributed by atoms with E-state index in [0.29, 0.717) is 10.5 Å². The first-order chi connectivity index (χ1) is 6.56. The molecule has 0 saturated heterocycles. The molecule has 1 rings (SSSR count). The molecule has 1 atom stereocenters. The van der Waals surface area contributed by atoms with Crippen molar-refractivity contribution in [2.45, 2.75) is 11.8 Å². The fourth-order valence-electron chi connectivity index (χ4n) is 0.986. The van der Waals surface area contributed by atoms with Crippen molar-refractivity contribution in [1.29, 1.82) is 0 Å². The Hall–Kier alpha value is -1.27. The lowest BCUT2D eigenvalue weighted by Crippen LogP contribution is -1.97. The van der Waals surface area contributed by atoms with Crippen molar-refractivity contribution < 1.29 is 13.3 Å². The minimum Gasteiger partial charge on any atom is -0.290 e. The van der Waals surface area contributed by atoms with Crippen LogP contribution >= 0.6 is 0 Å². The minimum absolute atomic E-state index is 0.0482. The van der Waals surface area contributed by atoms with Crippen molar-refractivity contribution in [3.05, 3.63) is 33.9 Å². The summed E-state index contributed by atoms with van der Waals surface area (Å²) in [5.41, 5.74) is 0.486. The van der Waals surface area contributed by atoms with Gasteiger partial charge in [0.05, 0.1) is 16.9 Å². The van der Waals surface area contributed by atoms with Gasteiger partial charge in [0.2, 0.25) is 0 Å². The second-order valence-corrected chi connectivity index (χ2v) is 3.88. The van der Waals surface area contributed by atoms with Gasteiger partial charge in [0.15, 0.2) is 11.1 Å². The molecule has 1 unspecified atom stereocenters. The van der Waals surface area contributed by atoms with Crippen molar-refractivity contribution >= 4 is 16.8 Å². The summed E-state index contributed by atoms with van der Waals surface area (Å²) in [6, 6.07) is 4.35. The number of nitro benzene ring substituents is 1. The van der Waals surface area contributed by atoms with Crippen LogP contribution in [0, 0.1) is 17.0 Å². The predicted octanol–water partition coefficient (Wildman–Crippen LogP) is 1.57. The summed E-state index contributed by atoms with van der Waals surface area (Å²) in [6.07, 6.45) is 0. The quantitative estimate of drug-likeness (QED) is 0.567. The van der Waals surface area contributed by atoms with Crippen LogP contribution in [-0.2, 0) is 15.3 Å². The van der Waals surface area contributed by atoms with Gasteiger partial charge in [-0.15, -0.1) is 0 Å². The van der Waals surface area contributed by atoms with E-state index in [0.717, 1.165) is 0 Å². The Morgan fingerprint density at radius 2 is 2.14 bits per heavy atom. The van der Waals surface area contributed by atoms with Crippen molar-refractivity contribution in [1.82, 2.24) is 0 Å². The Morgan fingerprint density at radius 3 is 2.64 bits per heavy atom. The number of aryl methyl sites for hydroxylation is 1. The fraction of sp³-hybridized carbons (Fsp3) is 0.250. The Morgan fingerprint density at radius 1 is 1.50 bits per heavy atom. The maximum Gasteiger partial charge on any atom is 0.273 e. The van der Waals surface area contributed by atoms with Gasteiger partial charge in [-0.05, 0) is 13.0 Å². The average Bonchev–Trinajstić information content (AvgIpc) is 2.17. The van der Waals surface area contributed by atoms with E-state index in [1.165, 1.54) is 13.2 Å². The van der Waals surface area contributed by atoms with E-state index in [4.69, 9.17) is 0 Å². The van der Waals surface area contributed by atoms with E-state index < -0.39 is 16.0 Å². The van der Waals surface area contributed by atoms with E-state index in [1.54, 1.807) is 19.1 Å². The summed E-state index contributed by atoms with van der Waals surface area (Å²) in [6.45, 7) is 1.62. The Bertz CT molecular complexity index is 391. The van der Waals surface area contributed by atoms with Crippen molar-refractivity contribution in [3.63, 3.8) is 0 Å². The predicted molar refractivity (Wildman–Crippen MR) is 51.3 cm³/mol. The lowest BCUT2D eigenvalue weighted by atomic mass is 10.2. The van der Waals surface area contributed by atoms with Crippen LogP contribution in [0.4, 0.5) is 5.69 Å². The van der Waals surface area contributed by atoms with E-state index in [1.807, 2.05) is 0 Å². The van der Waals surface area contributed by atoms with Crippen LogP contribution in [0.25, 0.3) is 0 Å². The van der Waals surface area contributed by atoms with Gasteiger partial charge in [0.25, 0.3) is 5.69 Å². The second-order valence-electron chi connectivity index (χ2n) is 2.61. The van der Waals surface area contributed by atoms with E-state index >= 15 is 0 Å². The zero-order chi connectivity index (χ0) is 10.7. The van der Waals surface area contributed by atoms with E-state index in [9.17, 15) is 14.3 Å². The van der Waals surface area contributed by atoms with Crippen LogP contribution in [0.5, 0.6) is 0 Å². The van der Waals surface area contributed by atoms with Gasteiger partial charge in [-0.25, -0.2) is 4.21 Å². The number of rotatable bonds is 3. The van der Waals surface area contributed by atoms with Crippen LogP contribution in [-0.4, -0.2) is 16.2 Å². The van der Waals surface area contributed by atoms with Crippen LogP contribution in [0.15, 0.2) is 23.1 Å². The smallest absolute Gasteiger partial charge is 0.273 e. The molecule has 1 aromatic rings. The Labute approximate surface area is 83.5 Å². The van der Waals surface area contributed by atoms with Gasteiger partial charge in [-0.3, -0.25) is 14.3 Å². The van der Waals surface area contributed by atoms with Gasteiger partial charge >= 0.3 is 0 Å². The van der Waals surface area contributed by atoms with Crippen LogP contribution in [0.3, 0.4) is 0 Å². The lowest BCUT2D eigenvalue weighted by molar-refractivity contribution is -0.385. The standard InChI is InChI=1S/C8H9NO4S/c1-6-3-4-7(14(12)13-2)5-8(6)9(10)11/h3-5H,1-2H3. The summed E-state index contributed by atoms with van der Waals surface area (Å²) in [4.78, 5) is 10.3. The first kappa shape index (κ1) is 10.8. The molecule has 0 aliphatic rings. The summed E-state index contributed by atoms with van der Waals surface area (Å²) < 4.78 is 15.7. The van der Waals surface area contributed by atoms with Gasteiger partial charge in [-0.2, -0.15) is 0 Å². The van der Waals surface area contributed by atoms with Gasteiger partial charge in [-0.1, -0.05) is 6.07 Å². The zero-order valence-corrected chi connectivity index (χ0v) is 8.54. The molecule has 0 radical (unpaired) electrons. The minimum atomic E-state index is -1.63. The fourth-order valence-corrected chi connectivity index (χ4v) is 1.57. The van der Waals surface area contributed by atoms with Gasteiger partial charge < -0.3 is 0 Å². The summed E-state index contributed by atoms with van der Waals surface area (Å²) in [7, 11) is 1.28. The molecule has 0 amide bonds. The number of nitro groups is 1. The molecule has 76 valence electrons. The third-order valence-electron chi connectivity index (χ3n) is 1.72. The van der Waals surface area contributed by atoms with Crippen molar-refractivity contribution in [3.8, 4) is 0 Å². The van der Waals surface area contributed by atoms with E-state index in [2.05, 4.69) is 4.18 Å². The molecule has 0 spiro atoms. The Balaban J connectivity index is 3.19. The summed E-state index contributed by atoms with van der Waals surface area (Å²) in [5, 5.41) is 10.6. The number of hydrogen-bond donors (Lipinski definition) is 0. The molecule has 0 heterocycles. The largest absolute Gasteiger partial charge is 0.290 e. The highest BCUT2D eigenvalue weighted by Crippen LogP contribution is 2.21. The van der Waals surface area contributed by atoms with Crippen LogP contribution < -0.4 is 0 Å². The molecule has 6 heteroatoms. The molecule has 5 nitrogen and oxygen atoms in total. The van der Waals surface area contributed by atoms with Crippen molar-refractivity contribution in [2.75, 3.05) is 7.11 Å². The molecule has 14 heavy (non-hydrogen) atoms. The SMILES string of the molecule is COS(=O)c1ccc(C)c([N+](=O)[O-])c1. The highest BCUT2D eigenvalue weighted by Gasteiger charge is 2.13. The normalized spacial score (nSPS) is 12.4. The van der Waals surface area contributed by atoms with Crippen LogP contribution in [0.1, 0.15) is 5.56 Å². The van der Waals surface area contributed by atoms with Gasteiger partial charge in [0, 0.05) is 11.6 Å². The molecule has 0 aliphatic heterocycles. The number of hydrogen-bond acceptors (Lipinski definition) is 4. The first-order valence-corrected chi connectivity index (χ1v) is 4.85.